The number of nitrogens with one attached hydrogen (secondary N) is 1. The quantitative estimate of drug-likeness (QED) is 0.339. The molecule has 0 aliphatic carbocycles. The average Bonchev–Trinajstić information content (AvgIpc) is 2.82. The van der Waals surface area contributed by atoms with Gasteiger partial charge >= 0.3 is 0 Å². The van der Waals surface area contributed by atoms with Crippen LogP contribution in [0.15, 0.2) is 72.8 Å². The van der Waals surface area contributed by atoms with Crippen molar-refractivity contribution in [2.24, 2.45) is 0 Å². The summed E-state index contributed by atoms with van der Waals surface area (Å²) in [7, 11) is 3.12. The van der Waals surface area contributed by atoms with Gasteiger partial charge in [-0.1, -0.05) is 24.3 Å². The Morgan fingerprint density at radius 1 is 0.969 bits per heavy atom. The van der Waals surface area contributed by atoms with E-state index in [1.807, 2.05) is 24.3 Å². The minimum absolute atomic E-state index is 0.106. The molecule has 1 N–H and O–H groups in total. The lowest BCUT2D eigenvalue weighted by molar-refractivity contribution is -0.384. The number of carbonyl (C=O) groups excluding carboxylic acids is 1. The number of methoxy groups -OCH3 is 2. The molecule has 8 heteroatoms. The smallest absolute Gasteiger partial charge is 0.271 e. The van der Waals surface area contributed by atoms with E-state index in [1.165, 1.54) is 18.2 Å². The second-order valence-corrected chi connectivity index (χ2v) is 6.90. The molecule has 4 aromatic rings. The highest BCUT2D eigenvalue weighted by Gasteiger charge is 2.17. The first-order chi connectivity index (χ1) is 15.5. The summed E-state index contributed by atoms with van der Waals surface area (Å²) in [5, 5.41) is 14.5. The number of para-hydroxylation sites is 1. The third-order valence-electron chi connectivity index (χ3n) is 4.96. The van der Waals surface area contributed by atoms with Crippen LogP contribution in [0.5, 0.6) is 11.5 Å². The minimum atomic E-state index is -0.508. The molecule has 32 heavy (non-hydrogen) atoms. The molecule has 1 heterocycles. The number of nitrogens with zero attached hydrogens (tertiary/aromatic N) is 2. The summed E-state index contributed by atoms with van der Waals surface area (Å²) >= 11 is 0. The van der Waals surface area contributed by atoms with Crippen LogP contribution < -0.4 is 14.8 Å². The van der Waals surface area contributed by atoms with Gasteiger partial charge in [0.15, 0.2) is 0 Å². The molecule has 160 valence electrons. The van der Waals surface area contributed by atoms with Crippen molar-refractivity contribution in [2.45, 2.75) is 0 Å². The van der Waals surface area contributed by atoms with Crippen LogP contribution in [-0.4, -0.2) is 30.0 Å². The lowest BCUT2D eigenvalue weighted by atomic mass is 10.0. The van der Waals surface area contributed by atoms with Crippen molar-refractivity contribution in [1.82, 2.24) is 4.98 Å². The Morgan fingerprint density at radius 2 is 1.78 bits per heavy atom. The number of benzene rings is 3. The molecule has 0 aliphatic heterocycles. The molecule has 0 saturated heterocycles. The molecule has 0 bridgehead atoms. The standard InChI is InChI=1S/C24H19N3O5/c1-31-17-10-11-19(23(13-17)32-2)22-14-20(18-8-3-4-9-21(18)26-22)24(28)25-15-6-5-7-16(12-15)27(29)30/h3-14H,1-2H3,(H,25,28). The van der Waals surface area contributed by atoms with Crippen molar-refractivity contribution in [2.75, 3.05) is 19.5 Å². The summed E-state index contributed by atoms with van der Waals surface area (Å²) in [6.45, 7) is 0. The number of carbonyl (C=O) groups is 1. The van der Waals surface area contributed by atoms with E-state index < -0.39 is 10.8 Å². The van der Waals surface area contributed by atoms with Gasteiger partial charge < -0.3 is 14.8 Å². The summed E-state index contributed by atoms with van der Waals surface area (Å²) in [6, 6.07) is 20.1. The van der Waals surface area contributed by atoms with Crippen LogP contribution in [0.2, 0.25) is 0 Å². The third-order valence-corrected chi connectivity index (χ3v) is 4.96. The molecule has 4 rings (SSSR count). The number of fused-ring (bicyclic) bond motifs is 1. The van der Waals surface area contributed by atoms with E-state index in [1.54, 1.807) is 44.6 Å². The number of hydrogen-bond acceptors (Lipinski definition) is 6. The normalized spacial score (nSPS) is 10.6. The van der Waals surface area contributed by atoms with Gasteiger partial charge in [0, 0.05) is 34.8 Å². The van der Waals surface area contributed by atoms with E-state index in [9.17, 15) is 14.9 Å². The number of pyridine rings is 1. The SMILES string of the molecule is COc1ccc(-c2cc(C(=O)Nc3cccc([N+](=O)[O-])c3)c3ccccc3n2)c(OC)c1. The number of nitro benzene ring substituents is 1. The van der Waals surface area contributed by atoms with Crippen LogP contribution >= 0.6 is 0 Å². The summed E-state index contributed by atoms with van der Waals surface area (Å²) in [5.74, 6) is 0.782. The molecular formula is C24H19N3O5. The zero-order valence-electron chi connectivity index (χ0n) is 17.4. The van der Waals surface area contributed by atoms with E-state index in [0.717, 1.165) is 0 Å². The third kappa shape index (κ3) is 4.06. The Morgan fingerprint density at radius 3 is 2.53 bits per heavy atom. The van der Waals surface area contributed by atoms with Crippen molar-refractivity contribution in [1.29, 1.82) is 0 Å². The van der Waals surface area contributed by atoms with E-state index in [0.29, 0.717) is 44.9 Å². The molecule has 8 nitrogen and oxygen atoms in total. The molecule has 0 aliphatic rings. The van der Waals surface area contributed by atoms with Crippen LogP contribution in [0.1, 0.15) is 10.4 Å². The van der Waals surface area contributed by atoms with Crippen LogP contribution in [0.4, 0.5) is 11.4 Å². The number of aromatic nitrogens is 1. The fraction of sp³-hybridized carbons (Fsp3) is 0.0833. The van der Waals surface area contributed by atoms with E-state index in [-0.39, 0.29) is 5.69 Å². The van der Waals surface area contributed by atoms with Crippen molar-refractivity contribution >= 4 is 28.2 Å². The molecule has 0 unspecified atom stereocenters. The fourth-order valence-corrected chi connectivity index (χ4v) is 3.41. The van der Waals surface area contributed by atoms with Gasteiger partial charge in [-0.25, -0.2) is 4.98 Å². The maximum absolute atomic E-state index is 13.2. The zero-order valence-corrected chi connectivity index (χ0v) is 17.4. The molecule has 3 aromatic carbocycles. The largest absolute Gasteiger partial charge is 0.497 e. The molecule has 0 saturated carbocycles. The van der Waals surface area contributed by atoms with Crippen molar-refractivity contribution in [3.8, 4) is 22.8 Å². The van der Waals surface area contributed by atoms with Gasteiger partial charge in [-0.15, -0.1) is 0 Å². The van der Waals surface area contributed by atoms with Gasteiger partial charge in [-0.2, -0.15) is 0 Å². The Balaban J connectivity index is 1.80. The highest BCUT2D eigenvalue weighted by Crippen LogP contribution is 2.34. The number of nitro groups is 1. The Hall–Kier alpha value is -4.46. The predicted molar refractivity (Wildman–Crippen MR) is 121 cm³/mol. The number of anilines is 1. The van der Waals surface area contributed by atoms with Gasteiger partial charge in [0.25, 0.3) is 11.6 Å². The van der Waals surface area contributed by atoms with Crippen molar-refractivity contribution in [3.05, 3.63) is 88.5 Å². The molecule has 0 spiro atoms. The number of ether oxygens (including phenoxy) is 2. The van der Waals surface area contributed by atoms with Gasteiger partial charge in [0.2, 0.25) is 0 Å². The summed E-state index contributed by atoms with van der Waals surface area (Å²) < 4.78 is 10.8. The molecular weight excluding hydrogens is 410 g/mol. The number of non-ortho nitro benzene ring substituents is 1. The van der Waals surface area contributed by atoms with Crippen LogP contribution in [-0.2, 0) is 0 Å². The van der Waals surface area contributed by atoms with Gasteiger partial charge in [0.05, 0.1) is 35.9 Å². The second-order valence-electron chi connectivity index (χ2n) is 6.90. The predicted octanol–water partition coefficient (Wildman–Crippen LogP) is 5.08. The molecule has 0 atom stereocenters. The molecule has 1 amide bonds. The number of amides is 1. The van der Waals surface area contributed by atoms with E-state index in [2.05, 4.69) is 5.32 Å². The summed E-state index contributed by atoms with van der Waals surface area (Å²) in [5.41, 5.74) is 2.48. The number of rotatable bonds is 6. The first kappa shape index (κ1) is 20.8. The second kappa shape index (κ2) is 8.73. The lowest BCUT2D eigenvalue weighted by Crippen LogP contribution is -2.13. The molecule has 0 fully saturated rings. The summed E-state index contributed by atoms with van der Waals surface area (Å²) in [6.07, 6.45) is 0. The highest BCUT2D eigenvalue weighted by molar-refractivity contribution is 6.13. The monoisotopic (exact) mass is 429 g/mol. The van der Waals surface area contributed by atoms with Crippen LogP contribution in [0, 0.1) is 10.1 Å². The highest BCUT2D eigenvalue weighted by atomic mass is 16.6. The Kier molecular flexibility index (Phi) is 5.67. The lowest BCUT2D eigenvalue weighted by Gasteiger charge is -2.13. The maximum Gasteiger partial charge on any atom is 0.271 e. The van der Waals surface area contributed by atoms with Gasteiger partial charge in [-0.3, -0.25) is 14.9 Å². The van der Waals surface area contributed by atoms with Crippen molar-refractivity contribution in [3.63, 3.8) is 0 Å². The maximum atomic E-state index is 13.2. The number of hydrogen-bond donors (Lipinski definition) is 1. The Bertz CT molecular complexity index is 1340. The van der Waals surface area contributed by atoms with E-state index in [4.69, 9.17) is 14.5 Å². The van der Waals surface area contributed by atoms with Crippen molar-refractivity contribution < 1.29 is 19.2 Å². The van der Waals surface area contributed by atoms with Gasteiger partial charge in [-0.05, 0) is 30.3 Å². The topological polar surface area (TPSA) is 104 Å². The minimum Gasteiger partial charge on any atom is -0.497 e. The van der Waals surface area contributed by atoms with E-state index >= 15 is 0 Å². The first-order valence-corrected chi connectivity index (χ1v) is 9.68. The molecule has 1 aromatic heterocycles. The average molecular weight is 429 g/mol. The van der Waals surface area contributed by atoms with Crippen LogP contribution in [0.3, 0.4) is 0 Å². The zero-order chi connectivity index (χ0) is 22.7. The van der Waals surface area contributed by atoms with Crippen LogP contribution in [0.25, 0.3) is 22.2 Å². The first-order valence-electron chi connectivity index (χ1n) is 9.68. The Labute approximate surface area is 183 Å². The molecule has 0 radical (unpaired) electrons. The van der Waals surface area contributed by atoms with Gasteiger partial charge in [0.1, 0.15) is 11.5 Å². The summed E-state index contributed by atoms with van der Waals surface area (Å²) in [4.78, 5) is 28.4. The fourth-order valence-electron chi connectivity index (χ4n) is 3.41.